The summed E-state index contributed by atoms with van der Waals surface area (Å²) in [6, 6.07) is 1.47. The minimum absolute atomic E-state index is 0.0160. The van der Waals surface area contributed by atoms with Gasteiger partial charge in [0.15, 0.2) is 0 Å². The molecule has 241 valence electrons. The number of hydrogen-bond acceptors (Lipinski definition) is 7. The van der Waals surface area contributed by atoms with Gasteiger partial charge in [-0.2, -0.15) is 0 Å². The summed E-state index contributed by atoms with van der Waals surface area (Å²) in [6.45, 7) is 7.96. The van der Waals surface area contributed by atoms with E-state index in [9.17, 15) is 22.8 Å². The van der Waals surface area contributed by atoms with Crippen molar-refractivity contribution in [2.24, 2.45) is 5.92 Å². The summed E-state index contributed by atoms with van der Waals surface area (Å²) >= 11 is 6.45. The predicted molar refractivity (Wildman–Crippen MR) is 171 cm³/mol. The van der Waals surface area contributed by atoms with Crippen LogP contribution in [0.4, 0.5) is 13.2 Å². The van der Waals surface area contributed by atoms with Gasteiger partial charge in [-0.15, -0.1) is 0 Å². The Kier molecular flexibility index (Phi) is 12.1. The van der Waals surface area contributed by atoms with Crippen LogP contribution in [0.15, 0.2) is 47.9 Å². The summed E-state index contributed by atoms with van der Waals surface area (Å²) in [7, 11) is 11.0. The number of alkyl halides is 3. The average Bonchev–Trinajstić information content (AvgIpc) is 2.93. The van der Waals surface area contributed by atoms with Gasteiger partial charge >= 0.3 is 264 Å². The SMILES string of the molecule is [B]=C1C=C(C(F)(F)F)C(CCN(C)C)=CN1C(CC(C)C)C(=O)N[C@@H](CC(=O)OC)c1cc(-c2c(C)cncc2C)cc(Cl)n1. The molecule has 0 aromatic carbocycles. The molecule has 8 nitrogen and oxygen atoms in total. The van der Waals surface area contributed by atoms with Crippen LogP contribution in [0.25, 0.3) is 11.1 Å². The van der Waals surface area contributed by atoms with Gasteiger partial charge in [-0.05, 0) is 0 Å². The molecule has 1 amide bonds. The summed E-state index contributed by atoms with van der Waals surface area (Å²) in [5.74, 6) is -1.19. The molecule has 3 heterocycles. The fourth-order valence-electron chi connectivity index (χ4n) is 5.24. The number of aromatic nitrogens is 2. The number of allylic oxidation sites excluding steroid dienone is 1. The number of pyridine rings is 2. The van der Waals surface area contributed by atoms with Crippen LogP contribution in [0.5, 0.6) is 0 Å². The zero-order valence-corrected chi connectivity index (χ0v) is 27.4. The Morgan fingerprint density at radius 2 is 1.80 bits per heavy atom. The van der Waals surface area contributed by atoms with Gasteiger partial charge < -0.3 is 0 Å². The second-order valence-corrected chi connectivity index (χ2v) is 12.2. The normalized spacial score (nSPS) is 15.1. The minimum atomic E-state index is -4.63. The number of carbonyl (C=O) groups excluding carboxylic acids is 2. The Hall–Kier alpha value is -3.51. The monoisotopic (exact) mass is 644 g/mol. The molecule has 2 aromatic heterocycles. The molecular formula is C32H39BClF3N5O3. The van der Waals surface area contributed by atoms with E-state index in [0.29, 0.717) is 12.2 Å². The van der Waals surface area contributed by atoms with E-state index < -0.39 is 35.7 Å². The summed E-state index contributed by atoms with van der Waals surface area (Å²) in [5, 5.41) is 3.05. The van der Waals surface area contributed by atoms with Gasteiger partial charge in [-0.25, -0.2) is 0 Å². The summed E-state index contributed by atoms with van der Waals surface area (Å²) in [4.78, 5) is 38.4. The van der Waals surface area contributed by atoms with Crippen LogP contribution in [0.3, 0.4) is 0 Å². The molecule has 0 saturated heterocycles. The predicted octanol–water partition coefficient (Wildman–Crippen LogP) is 5.49. The van der Waals surface area contributed by atoms with Crippen molar-refractivity contribution in [3.63, 3.8) is 0 Å². The van der Waals surface area contributed by atoms with Crippen molar-refractivity contribution in [3.8, 4) is 11.1 Å². The van der Waals surface area contributed by atoms with E-state index in [1.165, 1.54) is 18.2 Å². The Bertz CT molecular complexity index is 1470. The van der Waals surface area contributed by atoms with Crippen molar-refractivity contribution in [2.45, 2.75) is 65.2 Å². The first kappa shape index (κ1) is 36.0. The second-order valence-electron chi connectivity index (χ2n) is 11.8. The molecule has 1 unspecified atom stereocenters. The van der Waals surface area contributed by atoms with Crippen LogP contribution in [0, 0.1) is 19.8 Å². The molecule has 1 radical (unpaired) electrons. The number of amides is 1. The van der Waals surface area contributed by atoms with Gasteiger partial charge in [0.1, 0.15) is 0 Å². The number of nitrogens with zero attached hydrogens (tertiary/aromatic N) is 4. The molecular weight excluding hydrogens is 606 g/mol. The van der Waals surface area contributed by atoms with E-state index in [1.54, 1.807) is 43.5 Å². The molecule has 2 atom stereocenters. The zero-order valence-electron chi connectivity index (χ0n) is 26.6. The van der Waals surface area contributed by atoms with Gasteiger partial charge in [0.05, 0.1) is 0 Å². The van der Waals surface area contributed by atoms with Crippen molar-refractivity contribution in [3.05, 3.63) is 69.9 Å². The average molecular weight is 645 g/mol. The second kappa shape index (κ2) is 15.2. The molecule has 1 N–H and O–H groups in total. The number of rotatable bonds is 12. The van der Waals surface area contributed by atoms with Gasteiger partial charge in [0, 0.05) is 0 Å². The molecule has 1 aliphatic heterocycles. The van der Waals surface area contributed by atoms with Crippen LogP contribution in [0.2, 0.25) is 5.15 Å². The van der Waals surface area contributed by atoms with Crippen molar-refractivity contribution in [2.75, 3.05) is 27.7 Å². The Labute approximate surface area is 268 Å². The van der Waals surface area contributed by atoms with E-state index in [4.69, 9.17) is 23.8 Å². The maximum atomic E-state index is 14.1. The number of esters is 1. The molecule has 0 saturated carbocycles. The quantitative estimate of drug-likeness (QED) is 0.186. The van der Waals surface area contributed by atoms with Crippen molar-refractivity contribution >= 4 is 36.6 Å². The van der Waals surface area contributed by atoms with E-state index in [2.05, 4.69) is 15.3 Å². The molecule has 0 aliphatic carbocycles. The zero-order chi connectivity index (χ0) is 33.6. The third kappa shape index (κ3) is 9.50. The van der Waals surface area contributed by atoms with E-state index in [0.717, 1.165) is 28.3 Å². The number of methoxy groups -OCH3 is 1. The van der Waals surface area contributed by atoms with Crippen molar-refractivity contribution in [1.82, 2.24) is 25.1 Å². The third-order valence-corrected chi connectivity index (χ3v) is 7.59. The Morgan fingerprint density at radius 1 is 1.16 bits per heavy atom. The molecule has 13 heteroatoms. The van der Waals surface area contributed by atoms with Crippen LogP contribution in [-0.2, 0) is 14.3 Å². The van der Waals surface area contributed by atoms with Crippen LogP contribution < -0.4 is 5.32 Å². The standard InChI is InChI=1S/C32H39BClF3N5O3/c1-18(2)10-26(42-17-21(8-9-41(5)6)23(13-27(42)33)32(35,36)37)31(44)40-25(14-29(43)45-7)24-11-22(12-28(34)39-24)30-19(3)15-38-16-20(30)4/h11-13,15-18,25-26H,8-10,14H2,1-7H3,(H,40,44)/t25-,26?/m0/s1. The summed E-state index contributed by atoms with van der Waals surface area (Å²) in [6.07, 6.45) is 1.09. The molecule has 0 spiro atoms. The number of hydrogen-bond donors (Lipinski definition) is 1. The van der Waals surface area contributed by atoms with Gasteiger partial charge in [0.25, 0.3) is 0 Å². The first-order valence-corrected chi connectivity index (χ1v) is 14.9. The Morgan fingerprint density at radius 3 is 2.36 bits per heavy atom. The van der Waals surface area contributed by atoms with Crippen LogP contribution >= 0.6 is 11.6 Å². The van der Waals surface area contributed by atoms with Gasteiger partial charge in [-0.3, -0.25) is 4.98 Å². The molecule has 2 aromatic rings. The fraction of sp³-hybridized carbons (Fsp3) is 0.469. The maximum absolute atomic E-state index is 14.1. The first-order chi connectivity index (χ1) is 21.0. The van der Waals surface area contributed by atoms with E-state index in [-0.39, 0.29) is 41.5 Å². The topological polar surface area (TPSA) is 87.7 Å². The van der Waals surface area contributed by atoms with Gasteiger partial charge in [-0.1, -0.05) is 0 Å². The number of halogens is 4. The summed E-state index contributed by atoms with van der Waals surface area (Å²) in [5.41, 5.74) is 2.66. The van der Waals surface area contributed by atoms with Crippen LogP contribution in [0.1, 0.15) is 56.0 Å². The molecule has 0 fully saturated rings. The third-order valence-electron chi connectivity index (χ3n) is 7.40. The fourth-order valence-corrected chi connectivity index (χ4v) is 5.46. The van der Waals surface area contributed by atoms with E-state index >= 15 is 0 Å². The molecule has 45 heavy (non-hydrogen) atoms. The number of ether oxygens (including phenoxy) is 1. The Balaban J connectivity index is 2.06. The molecule has 0 bridgehead atoms. The number of carbonyl (C=O) groups is 2. The first-order valence-electron chi connectivity index (χ1n) is 14.5. The molecule has 3 rings (SSSR count). The van der Waals surface area contributed by atoms with Crippen molar-refractivity contribution < 1.29 is 27.5 Å². The molecule has 1 aliphatic rings. The summed E-state index contributed by atoms with van der Waals surface area (Å²) < 4.78 is 46.9. The number of aryl methyl sites for hydroxylation is 2. The number of nitrogens with one attached hydrogen (secondary N) is 1. The van der Waals surface area contributed by atoms with Gasteiger partial charge in [0.2, 0.25) is 0 Å². The van der Waals surface area contributed by atoms with Crippen molar-refractivity contribution in [1.29, 1.82) is 0 Å². The van der Waals surface area contributed by atoms with E-state index in [1.807, 2.05) is 27.7 Å². The van der Waals surface area contributed by atoms with Crippen LogP contribution in [-0.4, -0.2) is 84.7 Å².